The highest BCUT2D eigenvalue weighted by Gasteiger charge is 2.45. The van der Waals surface area contributed by atoms with E-state index in [0.29, 0.717) is 24.2 Å². The van der Waals surface area contributed by atoms with Crippen molar-refractivity contribution in [1.29, 1.82) is 5.26 Å². The quantitative estimate of drug-likeness (QED) is 0.850. The van der Waals surface area contributed by atoms with Crippen molar-refractivity contribution in [2.24, 2.45) is 0 Å². The third-order valence-electron chi connectivity index (χ3n) is 3.43. The molecule has 1 aliphatic rings. The Hall–Kier alpha value is -2.09. The molecule has 0 saturated heterocycles. The predicted octanol–water partition coefficient (Wildman–Crippen LogP) is 1.99. The van der Waals surface area contributed by atoms with Gasteiger partial charge in [0.1, 0.15) is 17.4 Å². The van der Waals surface area contributed by atoms with Gasteiger partial charge in [-0.1, -0.05) is 0 Å². The minimum absolute atomic E-state index is 0.386. The molecule has 1 aromatic heterocycles. The van der Waals surface area contributed by atoms with Crippen LogP contribution >= 0.6 is 0 Å². The topological polar surface area (TPSA) is 86.0 Å². The Morgan fingerprint density at radius 1 is 1.56 bits per heavy atom. The van der Waals surface area contributed by atoms with Crippen molar-refractivity contribution in [3.8, 4) is 6.07 Å². The van der Waals surface area contributed by atoms with Gasteiger partial charge in [0.2, 0.25) is 0 Å². The predicted molar refractivity (Wildman–Crippen MR) is 66.3 cm³/mol. The van der Waals surface area contributed by atoms with Gasteiger partial charge in [-0.05, 0) is 44.7 Å². The maximum atomic E-state index is 11.3. The van der Waals surface area contributed by atoms with E-state index in [-0.39, 0.29) is 0 Å². The molecule has 1 saturated carbocycles. The Morgan fingerprint density at radius 3 is 2.67 bits per heavy atom. The van der Waals surface area contributed by atoms with E-state index in [1.54, 1.807) is 0 Å². The van der Waals surface area contributed by atoms with Crippen LogP contribution in [0.1, 0.15) is 36.1 Å². The molecule has 2 rings (SSSR count). The summed E-state index contributed by atoms with van der Waals surface area (Å²) < 4.78 is 0. The summed E-state index contributed by atoms with van der Waals surface area (Å²) in [6, 6.07) is 3.90. The lowest BCUT2D eigenvalue weighted by Gasteiger charge is -2.39. The number of nitrogens with one attached hydrogen (secondary N) is 1. The van der Waals surface area contributed by atoms with Gasteiger partial charge in [-0.25, -0.2) is 9.78 Å². The van der Waals surface area contributed by atoms with Crippen LogP contribution in [0.5, 0.6) is 0 Å². The van der Waals surface area contributed by atoms with E-state index >= 15 is 0 Å². The number of nitrogens with zero attached hydrogens (tertiary/aromatic N) is 2. The van der Waals surface area contributed by atoms with Gasteiger partial charge in [-0.3, -0.25) is 0 Å². The van der Waals surface area contributed by atoms with Crippen LogP contribution < -0.4 is 5.32 Å². The highest BCUT2D eigenvalue weighted by Crippen LogP contribution is 2.36. The van der Waals surface area contributed by atoms with Gasteiger partial charge in [0.05, 0.1) is 5.56 Å². The number of hydrogen-bond acceptors (Lipinski definition) is 4. The fourth-order valence-electron chi connectivity index (χ4n) is 2.22. The van der Waals surface area contributed by atoms with Crippen LogP contribution in [0.15, 0.2) is 6.07 Å². The lowest BCUT2D eigenvalue weighted by atomic mass is 9.76. The first kappa shape index (κ1) is 12.4. The van der Waals surface area contributed by atoms with Gasteiger partial charge < -0.3 is 10.4 Å². The summed E-state index contributed by atoms with van der Waals surface area (Å²) in [7, 11) is 0. The zero-order valence-corrected chi connectivity index (χ0v) is 10.4. The summed E-state index contributed by atoms with van der Waals surface area (Å²) in [6.07, 6.45) is 2.02. The summed E-state index contributed by atoms with van der Waals surface area (Å²) in [6.45, 7) is 3.65. The van der Waals surface area contributed by atoms with Gasteiger partial charge in [-0.15, -0.1) is 0 Å². The molecular formula is C13H15N3O2. The van der Waals surface area contributed by atoms with E-state index in [4.69, 9.17) is 5.26 Å². The smallest absolute Gasteiger partial charge is 0.329 e. The molecule has 0 atom stereocenters. The second kappa shape index (κ2) is 4.30. The number of anilines is 1. The molecule has 0 amide bonds. The highest BCUT2D eigenvalue weighted by molar-refractivity contribution is 5.84. The maximum absolute atomic E-state index is 11.3. The molecule has 1 aliphatic carbocycles. The van der Waals surface area contributed by atoms with Crippen molar-refractivity contribution in [3.63, 3.8) is 0 Å². The molecule has 18 heavy (non-hydrogen) atoms. The van der Waals surface area contributed by atoms with Crippen LogP contribution in [0, 0.1) is 25.2 Å². The summed E-state index contributed by atoms with van der Waals surface area (Å²) >= 11 is 0. The number of rotatable bonds is 3. The number of carboxylic acid groups (broad SMARTS) is 1. The maximum Gasteiger partial charge on any atom is 0.329 e. The van der Waals surface area contributed by atoms with Crippen molar-refractivity contribution < 1.29 is 9.90 Å². The number of pyridine rings is 1. The SMILES string of the molecule is Cc1cc(C)c(C#N)c(NC2(C(=O)O)CCC2)n1. The minimum Gasteiger partial charge on any atom is -0.480 e. The Bertz CT molecular complexity index is 542. The van der Waals surface area contributed by atoms with Gasteiger partial charge in [-0.2, -0.15) is 5.26 Å². The van der Waals surface area contributed by atoms with Crippen LogP contribution in [0.2, 0.25) is 0 Å². The summed E-state index contributed by atoms with van der Waals surface area (Å²) in [5.41, 5.74) is 1.06. The zero-order valence-electron chi connectivity index (χ0n) is 10.4. The van der Waals surface area contributed by atoms with Crippen molar-refractivity contribution in [1.82, 2.24) is 4.98 Å². The fraction of sp³-hybridized carbons (Fsp3) is 0.462. The monoisotopic (exact) mass is 245 g/mol. The van der Waals surface area contributed by atoms with Gasteiger partial charge >= 0.3 is 5.97 Å². The number of aryl methyl sites for hydroxylation is 2. The van der Waals surface area contributed by atoms with Gasteiger partial charge in [0.25, 0.3) is 0 Å². The zero-order chi connectivity index (χ0) is 13.3. The number of nitriles is 1. The molecule has 1 heterocycles. The van der Waals surface area contributed by atoms with E-state index in [1.807, 2.05) is 19.9 Å². The molecule has 0 unspecified atom stereocenters. The second-order valence-corrected chi connectivity index (χ2v) is 4.78. The molecule has 0 bridgehead atoms. The van der Waals surface area contributed by atoms with Gasteiger partial charge in [0.15, 0.2) is 0 Å². The Labute approximate surface area is 105 Å². The lowest BCUT2D eigenvalue weighted by molar-refractivity contribution is -0.145. The number of carbonyl (C=O) groups is 1. The van der Waals surface area contributed by atoms with Gasteiger partial charge in [0, 0.05) is 5.69 Å². The first-order chi connectivity index (χ1) is 8.48. The van der Waals surface area contributed by atoms with Crippen molar-refractivity contribution in [2.45, 2.75) is 38.6 Å². The van der Waals surface area contributed by atoms with Crippen LogP contribution in [0.4, 0.5) is 5.82 Å². The first-order valence-electron chi connectivity index (χ1n) is 5.88. The van der Waals surface area contributed by atoms with E-state index in [2.05, 4.69) is 16.4 Å². The van der Waals surface area contributed by atoms with Crippen molar-refractivity contribution in [2.75, 3.05) is 5.32 Å². The van der Waals surface area contributed by atoms with Crippen LogP contribution in [-0.4, -0.2) is 21.6 Å². The summed E-state index contributed by atoms with van der Waals surface area (Å²) in [4.78, 5) is 15.6. The first-order valence-corrected chi connectivity index (χ1v) is 5.88. The molecule has 0 radical (unpaired) electrons. The molecule has 94 valence electrons. The molecule has 5 nitrogen and oxygen atoms in total. The molecule has 0 aromatic carbocycles. The van der Waals surface area contributed by atoms with E-state index in [0.717, 1.165) is 17.7 Å². The van der Waals surface area contributed by atoms with Crippen LogP contribution in [-0.2, 0) is 4.79 Å². The number of carboxylic acids is 1. The molecule has 5 heteroatoms. The molecule has 1 fully saturated rings. The average Bonchev–Trinajstić information content (AvgIpc) is 2.22. The third-order valence-corrected chi connectivity index (χ3v) is 3.43. The molecule has 2 N–H and O–H groups in total. The average molecular weight is 245 g/mol. The fourth-order valence-corrected chi connectivity index (χ4v) is 2.22. The number of aliphatic carboxylic acids is 1. The minimum atomic E-state index is -0.946. The van der Waals surface area contributed by atoms with Crippen molar-refractivity contribution in [3.05, 3.63) is 22.9 Å². The van der Waals surface area contributed by atoms with E-state index in [9.17, 15) is 9.90 Å². The highest BCUT2D eigenvalue weighted by atomic mass is 16.4. The molecular weight excluding hydrogens is 230 g/mol. The number of hydrogen-bond donors (Lipinski definition) is 2. The Balaban J connectivity index is 2.40. The van der Waals surface area contributed by atoms with Crippen LogP contribution in [0.25, 0.3) is 0 Å². The van der Waals surface area contributed by atoms with Crippen molar-refractivity contribution >= 4 is 11.8 Å². The Kier molecular flexibility index (Phi) is 2.95. The lowest BCUT2D eigenvalue weighted by Crippen LogP contribution is -2.52. The Morgan fingerprint density at radius 2 is 2.22 bits per heavy atom. The largest absolute Gasteiger partial charge is 0.480 e. The molecule has 0 spiro atoms. The summed E-state index contributed by atoms with van der Waals surface area (Å²) in [5.74, 6) is -0.490. The van der Waals surface area contributed by atoms with Crippen LogP contribution in [0.3, 0.4) is 0 Å². The number of aromatic nitrogens is 1. The molecule has 0 aliphatic heterocycles. The third kappa shape index (κ3) is 1.90. The van der Waals surface area contributed by atoms with E-state index < -0.39 is 11.5 Å². The second-order valence-electron chi connectivity index (χ2n) is 4.78. The van der Waals surface area contributed by atoms with E-state index in [1.165, 1.54) is 0 Å². The summed E-state index contributed by atoms with van der Waals surface area (Å²) in [5, 5.41) is 21.4. The standard InChI is InChI=1S/C13H15N3O2/c1-8-6-9(2)15-11(10(8)7-14)16-13(12(17)18)4-3-5-13/h6H,3-5H2,1-2H3,(H,15,16)(H,17,18). The molecule has 1 aromatic rings. The normalized spacial score (nSPS) is 16.5.